The molecule has 1 aromatic carbocycles. The van der Waals surface area contributed by atoms with E-state index in [0.29, 0.717) is 12.0 Å². The van der Waals surface area contributed by atoms with E-state index in [9.17, 15) is 0 Å². The lowest BCUT2D eigenvalue weighted by molar-refractivity contribution is 0.217. The third-order valence-electron chi connectivity index (χ3n) is 2.43. The Morgan fingerprint density at radius 3 is 2.29 bits per heavy atom. The molecule has 0 heterocycles. The highest BCUT2D eigenvalue weighted by atomic mass is 35.5. The predicted octanol–water partition coefficient (Wildman–Crippen LogP) is 2.04. The molecule has 3 heteroatoms. The predicted molar refractivity (Wildman–Crippen MR) is 64.8 cm³/mol. The Labute approximate surface area is 94.0 Å². The van der Waals surface area contributed by atoms with Crippen LogP contribution in [-0.2, 0) is 16.7 Å². The highest BCUT2D eigenvalue weighted by Crippen LogP contribution is 2.11. The number of halogens is 1. The van der Waals surface area contributed by atoms with Gasteiger partial charge in [-0.3, -0.25) is 0 Å². The van der Waals surface area contributed by atoms with Crippen molar-refractivity contribution in [1.82, 2.24) is 0 Å². The first-order valence-corrected chi connectivity index (χ1v) is 6.31. The molecule has 0 spiro atoms. The fourth-order valence-electron chi connectivity index (χ4n) is 1.42. The lowest BCUT2D eigenvalue weighted by atomic mass is 10.1. The summed E-state index contributed by atoms with van der Waals surface area (Å²) in [6, 6.07) is 8.45. The SMILES string of the molecule is CCC(Cc1ccc(CCl)cc1)O[SiH3]. The Hall–Kier alpha value is -0.313. The van der Waals surface area contributed by atoms with Gasteiger partial charge in [0.2, 0.25) is 0 Å². The van der Waals surface area contributed by atoms with Crippen molar-refractivity contribution in [3.05, 3.63) is 35.4 Å². The van der Waals surface area contributed by atoms with E-state index in [4.69, 9.17) is 16.0 Å². The van der Waals surface area contributed by atoms with Crippen LogP contribution in [0.5, 0.6) is 0 Å². The third-order valence-corrected chi connectivity index (χ3v) is 3.40. The largest absolute Gasteiger partial charge is 0.425 e. The summed E-state index contributed by atoms with van der Waals surface area (Å²) in [5, 5.41) is 0. The Kier molecular flexibility index (Phi) is 5.23. The van der Waals surface area contributed by atoms with Gasteiger partial charge in [0.25, 0.3) is 0 Å². The van der Waals surface area contributed by atoms with Crippen LogP contribution >= 0.6 is 11.6 Å². The minimum absolute atomic E-state index is 0.392. The summed E-state index contributed by atoms with van der Waals surface area (Å²) >= 11 is 5.72. The fraction of sp³-hybridized carbons (Fsp3) is 0.455. The summed E-state index contributed by atoms with van der Waals surface area (Å²) in [4.78, 5) is 0. The van der Waals surface area contributed by atoms with Crippen molar-refractivity contribution in [3.63, 3.8) is 0 Å². The molecule has 0 bridgehead atoms. The van der Waals surface area contributed by atoms with Gasteiger partial charge in [-0.05, 0) is 24.0 Å². The van der Waals surface area contributed by atoms with Crippen LogP contribution in [0.4, 0.5) is 0 Å². The molecule has 0 aliphatic rings. The molecule has 0 saturated heterocycles. The van der Waals surface area contributed by atoms with Gasteiger partial charge in [0.1, 0.15) is 10.5 Å². The second-order valence-electron chi connectivity index (χ2n) is 3.42. The maximum absolute atomic E-state index is 5.72. The van der Waals surface area contributed by atoms with Gasteiger partial charge in [-0.1, -0.05) is 31.2 Å². The van der Waals surface area contributed by atoms with Crippen molar-refractivity contribution in [1.29, 1.82) is 0 Å². The fourth-order valence-corrected chi connectivity index (χ4v) is 2.10. The van der Waals surface area contributed by atoms with E-state index in [1.165, 1.54) is 11.1 Å². The van der Waals surface area contributed by atoms with E-state index in [-0.39, 0.29) is 0 Å². The standard InChI is InChI=1S/C11H17ClOSi/c1-2-11(13-14)7-9-3-5-10(8-12)6-4-9/h3-6,11H,2,7-8H2,1,14H3. The number of hydrogen-bond donors (Lipinski definition) is 0. The summed E-state index contributed by atoms with van der Waals surface area (Å²) in [5.74, 6) is 0.592. The van der Waals surface area contributed by atoms with Crippen LogP contribution < -0.4 is 0 Å². The number of rotatable bonds is 5. The lowest BCUT2D eigenvalue weighted by Crippen LogP contribution is -2.13. The van der Waals surface area contributed by atoms with Crippen molar-refractivity contribution < 1.29 is 4.43 Å². The van der Waals surface area contributed by atoms with Gasteiger partial charge in [0, 0.05) is 12.0 Å². The zero-order valence-corrected chi connectivity index (χ0v) is 11.6. The van der Waals surface area contributed by atoms with Gasteiger partial charge >= 0.3 is 0 Å². The van der Waals surface area contributed by atoms with Crippen molar-refractivity contribution in [2.45, 2.75) is 31.7 Å². The maximum Gasteiger partial charge on any atom is 0.146 e. The number of alkyl halides is 1. The lowest BCUT2D eigenvalue weighted by Gasteiger charge is -2.13. The summed E-state index contributed by atoms with van der Waals surface area (Å²) < 4.78 is 5.47. The van der Waals surface area contributed by atoms with Gasteiger partial charge in [0.15, 0.2) is 0 Å². The van der Waals surface area contributed by atoms with Gasteiger partial charge in [0.05, 0.1) is 0 Å². The van der Waals surface area contributed by atoms with Crippen LogP contribution in [-0.4, -0.2) is 16.6 Å². The van der Waals surface area contributed by atoms with E-state index >= 15 is 0 Å². The average Bonchev–Trinajstić information content (AvgIpc) is 2.26. The summed E-state index contributed by atoms with van der Waals surface area (Å²) in [7, 11) is 0.820. The molecule has 0 aromatic heterocycles. The molecule has 0 N–H and O–H groups in total. The van der Waals surface area contributed by atoms with Gasteiger partial charge in [-0.15, -0.1) is 11.6 Å². The summed E-state index contributed by atoms with van der Waals surface area (Å²) in [6.07, 6.45) is 2.49. The van der Waals surface area contributed by atoms with Crippen LogP contribution in [0.3, 0.4) is 0 Å². The molecule has 1 aromatic rings. The first-order chi connectivity index (χ1) is 6.80. The molecule has 14 heavy (non-hydrogen) atoms. The molecule has 1 atom stereocenters. The molecular formula is C11H17ClOSi. The minimum Gasteiger partial charge on any atom is -0.425 e. The summed E-state index contributed by atoms with van der Waals surface area (Å²) in [5.41, 5.74) is 2.51. The Morgan fingerprint density at radius 1 is 1.29 bits per heavy atom. The number of benzene rings is 1. The molecule has 0 amide bonds. The second kappa shape index (κ2) is 6.22. The maximum atomic E-state index is 5.72. The van der Waals surface area contributed by atoms with E-state index in [1.807, 2.05) is 0 Å². The van der Waals surface area contributed by atoms with Crippen molar-refractivity contribution in [3.8, 4) is 0 Å². The Balaban J connectivity index is 2.58. The smallest absolute Gasteiger partial charge is 0.146 e. The van der Waals surface area contributed by atoms with Crippen LogP contribution in [0.1, 0.15) is 24.5 Å². The molecule has 0 fully saturated rings. The molecule has 1 rings (SSSR count). The zero-order chi connectivity index (χ0) is 10.4. The second-order valence-corrected chi connectivity index (χ2v) is 4.16. The van der Waals surface area contributed by atoms with E-state index < -0.39 is 0 Å². The molecular weight excluding hydrogens is 212 g/mol. The normalized spacial score (nSPS) is 13.0. The van der Waals surface area contributed by atoms with Crippen LogP contribution in [0.25, 0.3) is 0 Å². The van der Waals surface area contributed by atoms with E-state index in [0.717, 1.165) is 23.3 Å². The van der Waals surface area contributed by atoms with E-state index in [1.54, 1.807) is 0 Å². The zero-order valence-electron chi connectivity index (χ0n) is 8.79. The van der Waals surface area contributed by atoms with Gasteiger partial charge < -0.3 is 4.43 Å². The van der Waals surface area contributed by atoms with Crippen LogP contribution in [0.2, 0.25) is 0 Å². The van der Waals surface area contributed by atoms with Crippen molar-refractivity contribution in [2.75, 3.05) is 0 Å². The molecule has 0 aliphatic carbocycles. The third kappa shape index (κ3) is 3.44. The summed E-state index contributed by atoms with van der Waals surface area (Å²) in [6.45, 7) is 2.16. The van der Waals surface area contributed by atoms with Gasteiger partial charge in [-0.2, -0.15) is 0 Å². The average molecular weight is 229 g/mol. The number of hydrogen-bond acceptors (Lipinski definition) is 1. The minimum atomic E-state index is 0.392. The first kappa shape index (κ1) is 11.8. The van der Waals surface area contributed by atoms with Crippen LogP contribution in [0.15, 0.2) is 24.3 Å². The molecule has 0 saturated carbocycles. The molecule has 1 nitrogen and oxygen atoms in total. The van der Waals surface area contributed by atoms with E-state index in [2.05, 4.69) is 31.2 Å². The topological polar surface area (TPSA) is 9.23 Å². The molecule has 0 aliphatic heterocycles. The van der Waals surface area contributed by atoms with Crippen molar-refractivity contribution in [2.24, 2.45) is 0 Å². The highest BCUT2D eigenvalue weighted by Gasteiger charge is 2.04. The monoisotopic (exact) mass is 228 g/mol. The quantitative estimate of drug-likeness (QED) is 0.554. The molecule has 78 valence electrons. The van der Waals surface area contributed by atoms with Crippen molar-refractivity contribution >= 4 is 22.1 Å². The Bertz CT molecular complexity index is 256. The molecule has 1 unspecified atom stereocenters. The molecule has 0 radical (unpaired) electrons. The highest BCUT2D eigenvalue weighted by molar-refractivity contribution is 6.17. The van der Waals surface area contributed by atoms with Crippen LogP contribution in [0, 0.1) is 0 Å². The first-order valence-electron chi connectivity index (χ1n) is 4.96. The Morgan fingerprint density at radius 2 is 1.86 bits per heavy atom. The van der Waals surface area contributed by atoms with Gasteiger partial charge in [-0.25, -0.2) is 0 Å².